The first-order valence-corrected chi connectivity index (χ1v) is 12.0. The first-order valence-electron chi connectivity index (χ1n) is 12.0. The quantitative estimate of drug-likeness (QED) is 0.661. The van der Waals surface area contributed by atoms with Gasteiger partial charge in [0.1, 0.15) is 11.4 Å². The second-order valence-corrected chi connectivity index (χ2v) is 11.2. The number of ether oxygens (including phenoxy) is 2. The van der Waals surface area contributed by atoms with E-state index in [-0.39, 0.29) is 24.5 Å². The molecule has 2 heterocycles. The Labute approximate surface area is 203 Å². The molecule has 9 heteroatoms. The predicted octanol–water partition coefficient (Wildman–Crippen LogP) is 3.05. The highest BCUT2D eigenvalue weighted by atomic mass is 16.7. The summed E-state index contributed by atoms with van der Waals surface area (Å²) in [5.74, 6) is 0.509. The molecule has 2 aliphatic heterocycles. The van der Waals surface area contributed by atoms with Crippen LogP contribution in [0.4, 0.5) is 4.79 Å². The molecule has 0 aliphatic carbocycles. The second-order valence-electron chi connectivity index (χ2n) is 11.2. The highest BCUT2D eigenvalue weighted by Crippen LogP contribution is 2.36. The molecule has 1 N–H and O–H groups in total. The van der Waals surface area contributed by atoms with Crippen molar-refractivity contribution in [2.45, 2.75) is 90.6 Å². The normalized spacial score (nSPS) is 21.8. The van der Waals surface area contributed by atoms with E-state index in [0.29, 0.717) is 18.8 Å². The molecular formula is C25H39BN2O6. The highest BCUT2D eigenvalue weighted by Gasteiger charge is 2.51. The van der Waals surface area contributed by atoms with Gasteiger partial charge in [-0.2, -0.15) is 0 Å². The van der Waals surface area contributed by atoms with Gasteiger partial charge < -0.3 is 29.0 Å². The number of piperidine rings is 1. The Morgan fingerprint density at radius 2 is 1.82 bits per heavy atom. The van der Waals surface area contributed by atoms with Crippen molar-refractivity contribution in [2.75, 3.05) is 20.2 Å². The van der Waals surface area contributed by atoms with Crippen molar-refractivity contribution in [2.24, 2.45) is 0 Å². The summed E-state index contributed by atoms with van der Waals surface area (Å²) in [7, 11) is 1.07. The Balaban J connectivity index is 1.65. The van der Waals surface area contributed by atoms with Gasteiger partial charge in [-0.25, -0.2) is 4.79 Å². The standard InChI is InChI=1S/C25H39BN2O6/c1-23(2,3)32-22(30)28-13-9-10-19(16-28)27-21(29)15-17-14-18(11-12-20(17)31-8)26-33-24(4,5)25(6,7)34-26/h11-12,14,19H,9-10,13,15-16H2,1-8H3,(H,27,29)/t19-/m1/s1. The fourth-order valence-corrected chi connectivity index (χ4v) is 4.10. The summed E-state index contributed by atoms with van der Waals surface area (Å²) in [4.78, 5) is 27.0. The van der Waals surface area contributed by atoms with E-state index in [2.05, 4.69) is 5.32 Å². The molecule has 2 aliphatic rings. The van der Waals surface area contributed by atoms with Crippen LogP contribution in [0.3, 0.4) is 0 Å². The monoisotopic (exact) mass is 474 g/mol. The number of benzene rings is 1. The van der Waals surface area contributed by atoms with Crippen LogP contribution in [-0.2, 0) is 25.3 Å². The number of carbonyl (C=O) groups is 2. The molecule has 3 rings (SSSR count). The number of rotatable bonds is 5. The van der Waals surface area contributed by atoms with Crippen molar-refractivity contribution < 1.29 is 28.4 Å². The van der Waals surface area contributed by atoms with Crippen LogP contribution < -0.4 is 15.5 Å². The van der Waals surface area contributed by atoms with Crippen molar-refractivity contribution in [3.63, 3.8) is 0 Å². The van der Waals surface area contributed by atoms with Gasteiger partial charge in [0.25, 0.3) is 0 Å². The predicted molar refractivity (Wildman–Crippen MR) is 131 cm³/mol. The molecule has 1 aromatic carbocycles. The number of hydrogen-bond acceptors (Lipinski definition) is 6. The minimum absolute atomic E-state index is 0.119. The smallest absolute Gasteiger partial charge is 0.494 e. The molecule has 2 saturated heterocycles. The largest absolute Gasteiger partial charge is 0.496 e. The van der Waals surface area contributed by atoms with Gasteiger partial charge in [0, 0.05) is 24.7 Å². The topological polar surface area (TPSA) is 86.3 Å². The molecule has 34 heavy (non-hydrogen) atoms. The Bertz CT molecular complexity index is 895. The fraction of sp³-hybridized carbons (Fsp3) is 0.680. The maximum absolute atomic E-state index is 12.9. The Morgan fingerprint density at radius 1 is 1.18 bits per heavy atom. The molecule has 1 aromatic rings. The third-order valence-corrected chi connectivity index (χ3v) is 6.62. The fourth-order valence-electron chi connectivity index (χ4n) is 4.10. The summed E-state index contributed by atoms with van der Waals surface area (Å²) in [5, 5.41) is 3.08. The van der Waals surface area contributed by atoms with Crippen molar-refractivity contribution >= 4 is 24.6 Å². The maximum atomic E-state index is 12.9. The average molecular weight is 474 g/mol. The van der Waals surface area contributed by atoms with Crippen LogP contribution in [0.1, 0.15) is 66.9 Å². The highest BCUT2D eigenvalue weighted by molar-refractivity contribution is 6.62. The lowest BCUT2D eigenvalue weighted by atomic mass is 9.78. The number of amides is 2. The number of methoxy groups -OCH3 is 1. The lowest BCUT2D eigenvalue weighted by Crippen LogP contribution is -2.51. The molecule has 2 fully saturated rings. The van der Waals surface area contributed by atoms with Crippen LogP contribution in [0.15, 0.2) is 18.2 Å². The van der Waals surface area contributed by atoms with Crippen LogP contribution >= 0.6 is 0 Å². The molecule has 1 atom stereocenters. The summed E-state index contributed by atoms with van der Waals surface area (Å²) >= 11 is 0. The Hall–Kier alpha value is -2.26. The summed E-state index contributed by atoms with van der Waals surface area (Å²) in [6.45, 7) is 14.6. The van der Waals surface area contributed by atoms with E-state index in [0.717, 1.165) is 23.9 Å². The maximum Gasteiger partial charge on any atom is 0.494 e. The summed E-state index contributed by atoms with van der Waals surface area (Å²) in [6.07, 6.45) is 1.43. The van der Waals surface area contributed by atoms with E-state index in [1.165, 1.54) is 0 Å². The number of likely N-dealkylation sites (tertiary alicyclic amines) is 1. The first kappa shape index (κ1) is 26.4. The second kappa shape index (κ2) is 9.78. The van der Waals surface area contributed by atoms with Crippen molar-refractivity contribution in [1.29, 1.82) is 0 Å². The van der Waals surface area contributed by atoms with Gasteiger partial charge in [-0.3, -0.25) is 4.79 Å². The SMILES string of the molecule is COc1ccc(B2OC(C)(C)C(C)(C)O2)cc1CC(=O)N[C@@H]1CCCN(C(=O)OC(C)(C)C)C1. The van der Waals surface area contributed by atoms with Gasteiger partial charge in [-0.1, -0.05) is 12.1 Å². The number of nitrogens with one attached hydrogen (secondary N) is 1. The zero-order chi connectivity index (χ0) is 25.3. The molecular weight excluding hydrogens is 435 g/mol. The van der Waals surface area contributed by atoms with Crippen LogP contribution in [0.5, 0.6) is 5.75 Å². The number of hydrogen-bond donors (Lipinski definition) is 1. The Kier molecular flexibility index (Phi) is 7.58. The van der Waals surface area contributed by atoms with Crippen molar-refractivity contribution in [3.05, 3.63) is 23.8 Å². The third-order valence-electron chi connectivity index (χ3n) is 6.62. The van der Waals surface area contributed by atoms with E-state index in [4.69, 9.17) is 18.8 Å². The molecule has 0 saturated carbocycles. The summed E-state index contributed by atoms with van der Waals surface area (Å²) in [6, 6.07) is 5.54. The molecule has 0 unspecified atom stereocenters. The molecule has 0 radical (unpaired) electrons. The third kappa shape index (κ3) is 6.24. The van der Waals surface area contributed by atoms with Gasteiger partial charge in [-0.15, -0.1) is 0 Å². The van der Waals surface area contributed by atoms with Gasteiger partial charge in [0.2, 0.25) is 5.91 Å². The minimum Gasteiger partial charge on any atom is -0.496 e. The minimum atomic E-state index is -0.550. The van der Waals surface area contributed by atoms with E-state index in [9.17, 15) is 9.59 Å². The zero-order valence-electron chi connectivity index (χ0n) is 21.8. The van der Waals surface area contributed by atoms with Crippen LogP contribution in [0.25, 0.3) is 0 Å². The molecule has 2 amide bonds. The van der Waals surface area contributed by atoms with Gasteiger partial charge in [0.05, 0.1) is 24.7 Å². The van der Waals surface area contributed by atoms with Crippen molar-refractivity contribution in [3.8, 4) is 5.75 Å². The van der Waals surface area contributed by atoms with Crippen molar-refractivity contribution in [1.82, 2.24) is 10.2 Å². The van der Waals surface area contributed by atoms with Gasteiger partial charge in [-0.05, 0) is 72.8 Å². The average Bonchev–Trinajstić information content (AvgIpc) is 2.94. The zero-order valence-corrected chi connectivity index (χ0v) is 21.8. The molecule has 0 bridgehead atoms. The van der Waals surface area contributed by atoms with E-state index in [1.54, 1.807) is 12.0 Å². The van der Waals surface area contributed by atoms with E-state index in [1.807, 2.05) is 66.7 Å². The molecule has 0 spiro atoms. The molecule has 188 valence electrons. The molecule has 8 nitrogen and oxygen atoms in total. The number of nitrogens with zero attached hydrogens (tertiary/aromatic N) is 1. The van der Waals surface area contributed by atoms with Crippen LogP contribution in [0.2, 0.25) is 0 Å². The Morgan fingerprint density at radius 3 is 2.41 bits per heavy atom. The summed E-state index contributed by atoms with van der Waals surface area (Å²) < 4.78 is 23.3. The van der Waals surface area contributed by atoms with Gasteiger partial charge in [0.15, 0.2) is 0 Å². The van der Waals surface area contributed by atoms with E-state index >= 15 is 0 Å². The first-order chi connectivity index (χ1) is 15.7. The number of carbonyl (C=O) groups excluding carboxylic acids is 2. The van der Waals surface area contributed by atoms with Crippen LogP contribution in [-0.4, -0.2) is 67.1 Å². The molecule has 0 aromatic heterocycles. The van der Waals surface area contributed by atoms with E-state index < -0.39 is 23.9 Å². The summed E-state index contributed by atoms with van der Waals surface area (Å²) in [5.41, 5.74) is 0.154. The van der Waals surface area contributed by atoms with Gasteiger partial charge >= 0.3 is 13.2 Å². The van der Waals surface area contributed by atoms with Crippen LogP contribution in [0, 0.1) is 0 Å². The lowest BCUT2D eigenvalue weighted by molar-refractivity contribution is -0.121. The lowest BCUT2D eigenvalue weighted by Gasteiger charge is -2.34.